The summed E-state index contributed by atoms with van der Waals surface area (Å²) in [5.74, 6) is -2.08. The van der Waals surface area contributed by atoms with Crippen molar-refractivity contribution in [3.8, 4) is 0 Å². The van der Waals surface area contributed by atoms with Crippen LogP contribution in [0.3, 0.4) is 0 Å². The zero-order valence-corrected chi connectivity index (χ0v) is 15.0. The Balaban J connectivity index is 2.23. The summed E-state index contributed by atoms with van der Waals surface area (Å²) in [6, 6.07) is 11.8. The Morgan fingerprint density at radius 2 is 1.78 bits per heavy atom. The van der Waals surface area contributed by atoms with Crippen LogP contribution in [0.4, 0.5) is 0 Å². The van der Waals surface area contributed by atoms with Crippen LogP contribution in [-0.2, 0) is 6.54 Å². The van der Waals surface area contributed by atoms with E-state index in [1.54, 1.807) is 28.8 Å². The summed E-state index contributed by atoms with van der Waals surface area (Å²) in [6.07, 6.45) is 1.32. The first-order chi connectivity index (χ1) is 12.8. The van der Waals surface area contributed by atoms with Crippen molar-refractivity contribution in [2.75, 3.05) is 0 Å². The van der Waals surface area contributed by atoms with Crippen molar-refractivity contribution in [2.45, 2.75) is 26.3 Å². The summed E-state index contributed by atoms with van der Waals surface area (Å²) in [7, 11) is 0. The van der Waals surface area contributed by atoms with E-state index in [1.165, 1.54) is 12.3 Å². The van der Waals surface area contributed by atoms with Gasteiger partial charge in [-0.15, -0.1) is 0 Å². The van der Waals surface area contributed by atoms with Gasteiger partial charge in [-0.2, -0.15) is 0 Å². The molecule has 0 unspecified atom stereocenters. The van der Waals surface area contributed by atoms with Gasteiger partial charge in [-0.25, -0.2) is 9.59 Å². The summed E-state index contributed by atoms with van der Waals surface area (Å²) in [5.41, 5.74) is 1.66. The largest absolute Gasteiger partial charge is 0.478 e. The molecular formula is C21H19NO5. The van der Waals surface area contributed by atoms with Crippen LogP contribution < -0.4 is 5.43 Å². The van der Waals surface area contributed by atoms with Gasteiger partial charge in [0.1, 0.15) is 5.56 Å². The van der Waals surface area contributed by atoms with Crippen LogP contribution in [0.25, 0.3) is 10.9 Å². The molecule has 6 heteroatoms. The molecule has 3 rings (SSSR count). The SMILES string of the molecule is CC(C)c1ccc2c(=O)c(C(=O)O)cn(Cc3cccc(C(=O)O)c3)c2c1. The number of rotatable bonds is 5. The Bertz CT molecular complexity index is 1110. The number of nitrogens with zero attached hydrogens (tertiary/aromatic N) is 1. The number of carboxylic acid groups (broad SMARTS) is 2. The number of carboxylic acids is 2. The molecule has 1 heterocycles. The Hall–Kier alpha value is -3.41. The zero-order chi connectivity index (χ0) is 19.7. The van der Waals surface area contributed by atoms with Crippen molar-refractivity contribution in [1.29, 1.82) is 0 Å². The molecular weight excluding hydrogens is 346 g/mol. The summed E-state index contributed by atoms with van der Waals surface area (Å²) < 4.78 is 1.69. The first-order valence-electron chi connectivity index (χ1n) is 8.50. The molecule has 0 aliphatic carbocycles. The second-order valence-corrected chi connectivity index (χ2v) is 6.74. The Kier molecular flexibility index (Phi) is 4.81. The maximum absolute atomic E-state index is 12.5. The Labute approximate surface area is 155 Å². The molecule has 0 amide bonds. The highest BCUT2D eigenvalue weighted by atomic mass is 16.4. The maximum Gasteiger partial charge on any atom is 0.341 e. The predicted octanol–water partition coefficient (Wildman–Crippen LogP) is 3.57. The number of aromatic nitrogens is 1. The number of carbonyl (C=O) groups is 2. The third-order valence-corrected chi connectivity index (χ3v) is 4.53. The summed E-state index contributed by atoms with van der Waals surface area (Å²) in [6.45, 7) is 4.32. The zero-order valence-electron chi connectivity index (χ0n) is 15.0. The van der Waals surface area contributed by atoms with Crippen LogP contribution in [0.1, 0.15) is 51.6 Å². The second kappa shape index (κ2) is 7.07. The first-order valence-corrected chi connectivity index (χ1v) is 8.50. The standard InChI is InChI=1S/C21H19NO5/c1-12(2)14-6-7-16-18(9-14)22(11-17(19(16)23)21(26)27)10-13-4-3-5-15(8-13)20(24)25/h3-9,11-12H,10H2,1-2H3,(H,24,25)(H,26,27). The Morgan fingerprint density at radius 1 is 1.04 bits per heavy atom. The fraction of sp³-hybridized carbons (Fsp3) is 0.190. The van der Waals surface area contributed by atoms with Crippen molar-refractivity contribution in [3.63, 3.8) is 0 Å². The van der Waals surface area contributed by atoms with E-state index in [0.717, 1.165) is 5.56 Å². The molecule has 3 aromatic rings. The van der Waals surface area contributed by atoms with E-state index >= 15 is 0 Å². The molecule has 27 heavy (non-hydrogen) atoms. The number of aromatic carboxylic acids is 2. The molecule has 0 fully saturated rings. The van der Waals surface area contributed by atoms with E-state index in [-0.39, 0.29) is 23.6 Å². The van der Waals surface area contributed by atoms with Crippen LogP contribution in [0.15, 0.2) is 53.5 Å². The molecule has 0 spiro atoms. The van der Waals surface area contributed by atoms with Gasteiger partial charge in [-0.05, 0) is 41.3 Å². The van der Waals surface area contributed by atoms with Gasteiger partial charge < -0.3 is 14.8 Å². The van der Waals surface area contributed by atoms with Gasteiger partial charge in [0.15, 0.2) is 0 Å². The minimum Gasteiger partial charge on any atom is -0.478 e. The average molecular weight is 365 g/mol. The summed E-state index contributed by atoms with van der Waals surface area (Å²) in [4.78, 5) is 35.2. The highest BCUT2D eigenvalue weighted by Gasteiger charge is 2.16. The minimum absolute atomic E-state index is 0.152. The number of hydrogen-bond donors (Lipinski definition) is 2. The van der Waals surface area contributed by atoms with Crippen LogP contribution >= 0.6 is 0 Å². The van der Waals surface area contributed by atoms with E-state index in [0.29, 0.717) is 16.5 Å². The van der Waals surface area contributed by atoms with Gasteiger partial charge in [-0.3, -0.25) is 4.79 Å². The normalized spacial score (nSPS) is 11.1. The van der Waals surface area contributed by atoms with Gasteiger partial charge in [0.05, 0.1) is 11.1 Å². The molecule has 0 radical (unpaired) electrons. The van der Waals surface area contributed by atoms with E-state index in [1.807, 2.05) is 26.0 Å². The van der Waals surface area contributed by atoms with Gasteiger partial charge in [0.2, 0.25) is 5.43 Å². The molecule has 1 aromatic heterocycles. The van der Waals surface area contributed by atoms with Crippen LogP contribution in [0.2, 0.25) is 0 Å². The highest BCUT2D eigenvalue weighted by molar-refractivity contribution is 5.92. The van der Waals surface area contributed by atoms with Crippen LogP contribution in [0, 0.1) is 0 Å². The fourth-order valence-electron chi connectivity index (χ4n) is 3.05. The van der Waals surface area contributed by atoms with Crippen molar-refractivity contribution >= 4 is 22.8 Å². The summed E-state index contributed by atoms with van der Waals surface area (Å²) in [5, 5.41) is 18.9. The molecule has 0 aliphatic heterocycles. The first kappa shape index (κ1) is 18.4. The lowest BCUT2D eigenvalue weighted by molar-refractivity contribution is 0.0685. The smallest absolute Gasteiger partial charge is 0.341 e. The minimum atomic E-state index is -1.29. The second-order valence-electron chi connectivity index (χ2n) is 6.74. The van der Waals surface area contributed by atoms with E-state index in [2.05, 4.69) is 0 Å². The van der Waals surface area contributed by atoms with E-state index < -0.39 is 17.4 Å². The maximum atomic E-state index is 12.5. The van der Waals surface area contributed by atoms with Gasteiger partial charge in [0.25, 0.3) is 0 Å². The van der Waals surface area contributed by atoms with Gasteiger partial charge in [-0.1, -0.05) is 32.0 Å². The number of pyridine rings is 1. The third kappa shape index (κ3) is 3.60. The number of hydrogen-bond acceptors (Lipinski definition) is 3. The van der Waals surface area contributed by atoms with Gasteiger partial charge >= 0.3 is 11.9 Å². The molecule has 0 aliphatic rings. The lowest BCUT2D eigenvalue weighted by Crippen LogP contribution is -2.19. The van der Waals surface area contributed by atoms with Crippen LogP contribution in [-0.4, -0.2) is 26.7 Å². The predicted molar refractivity (Wildman–Crippen MR) is 102 cm³/mol. The quantitative estimate of drug-likeness (QED) is 0.720. The van der Waals surface area contributed by atoms with Gasteiger partial charge in [0, 0.05) is 18.1 Å². The molecule has 0 saturated carbocycles. The number of fused-ring (bicyclic) bond motifs is 1. The topological polar surface area (TPSA) is 96.6 Å². The van der Waals surface area contributed by atoms with E-state index in [9.17, 15) is 24.6 Å². The van der Waals surface area contributed by atoms with Crippen molar-refractivity contribution in [2.24, 2.45) is 0 Å². The van der Waals surface area contributed by atoms with E-state index in [4.69, 9.17) is 0 Å². The molecule has 0 saturated heterocycles. The molecule has 2 aromatic carbocycles. The molecule has 0 atom stereocenters. The third-order valence-electron chi connectivity index (χ3n) is 4.53. The molecule has 0 bridgehead atoms. The van der Waals surface area contributed by atoms with Crippen molar-refractivity contribution in [3.05, 3.63) is 81.1 Å². The monoisotopic (exact) mass is 365 g/mol. The number of benzene rings is 2. The van der Waals surface area contributed by atoms with Crippen LogP contribution in [0.5, 0.6) is 0 Å². The summed E-state index contributed by atoms with van der Waals surface area (Å²) >= 11 is 0. The fourth-order valence-corrected chi connectivity index (χ4v) is 3.05. The molecule has 2 N–H and O–H groups in total. The lowest BCUT2D eigenvalue weighted by Gasteiger charge is -2.15. The molecule has 138 valence electrons. The highest BCUT2D eigenvalue weighted by Crippen LogP contribution is 2.21. The Morgan fingerprint density at radius 3 is 2.41 bits per heavy atom. The average Bonchev–Trinajstić information content (AvgIpc) is 2.63. The molecule has 6 nitrogen and oxygen atoms in total. The van der Waals surface area contributed by atoms with Crippen molar-refractivity contribution in [1.82, 2.24) is 4.57 Å². The van der Waals surface area contributed by atoms with Crippen molar-refractivity contribution < 1.29 is 19.8 Å². The lowest BCUT2D eigenvalue weighted by atomic mass is 10.00.